The summed E-state index contributed by atoms with van der Waals surface area (Å²) >= 11 is 0. The van der Waals surface area contributed by atoms with E-state index in [0.717, 1.165) is 55.8 Å². The van der Waals surface area contributed by atoms with E-state index in [0.29, 0.717) is 11.5 Å². The lowest BCUT2D eigenvalue weighted by molar-refractivity contribution is -0.116. The third-order valence-corrected chi connectivity index (χ3v) is 6.53. The molecule has 0 fully saturated rings. The van der Waals surface area contributed by atoms with Gasteiger partial charge in [0.05, 0.1) is 0 Å². The molecule has 0 saturated carbocycles. The van der Waals surface area contributed by atoms with Crippen LogP contribution in [0.5, 0.6) is 0 Å². The molecule has 1 aliphatic heterocycles. The number of fused-ring (bicyclic) bond motifs is 1. The summed E-state index contributed by atoms with van der Waals surface area (Å²) in [6, 6.07) is 13.8. The van der Waals surface area contributed by atoms with Crippen molar-refractivity contribution in [2.75, 3.05) is 24.5 Å². The van der Waals surface area contributed by atoms with Crippen molar-refractivity contribution in [2.24, 2.45) is 11.7 Å². The molecule has 2 N–H and O–H groups in total. The highest BCUT2D eigenvalue weighted by atomic mass is 16.2. The third-order valence-electron chi connectivity index (χ3n) is 6.53. The minimum Gasteiger partial charge on any atom is -0.366 e. The number of hydrogen-bond donors (Lipinski definition) is 1. The molecule has 0 unspecified atom stereocenters. The van der Waals surface area contributed by atoms with Crippen molar-refractivity contribution in [3.63, 3.8) is 0 Å². The fourth-order valence-electron chi connectivity index (χ4n) is 4.52. The first kappa shape index (κ1) is 25.0. The van der Waals surface area contributed by atoms with Gasteiger partial charge in [-0.15, -0.1) is 0 Å². The molecule has 33 heavy (non-hydrogen) atoms. The van der Waals surface area contributed by atoms with Crippen LogP contribution in [0.25, 0.3) is 11.1 Å². The van der Waals surface area contributed by atoms with Crippen molar-refractivity contribution in [2.45, 2.75) is 65.8 Å². The number of primary amides is 1. The summed E-state index contributed by atoms with van der Waals surface area (Å²) in [6.07, 6.45) is 7.06. The van der Waals surface area contributed by atoms with Crippen molar-refractivity contribution in [3.8, 4) is 11.1 Å². The Bertz CT molecular complexity index is 937. The predicted octanol–water partition coefficient (Wildman–Crippen LogP) is 5.62. The molecule has 0 atom stereocenters. The van der Waals surface area contributed by atoms with Crippen LogP contribution in [0.15, 0.2) is 42.5 Å². The Morgan fingerprint density at radius 1 is 0.909 bits per heavy atom. The van der Waals surface area contributed by atoms with Crippen LogP contribution in [-0.2, 0) is 11.3 Å². The second kappa shape index (κ2) is 12.0. The molecule has 0 radical (unpaired) electrons. The Morgan fingerprint density at radius 2 is 1.55 bits per heavy atom. The lowest BCUT2D eigenvalue weighted by atomic mass is 9.99. The van der Waals surface area contributed by atoms with Gasteiger partial charge in [-0.05, 0) is 79.2 Å². The summed E-state index contributed by atoms with van der Waals surface area (Å²) in [4.78, 5) is 28.6. The van der Waals surface area contributed by atoms with Crippen LogP contribution in [-0.4, -0.2) is 36.3 Å². The summed E-state index contributed by atoms with van der Waals surface area (Å²) in [5.41, 5.74) is 10.2. The van der Waals surface area contributed by atoms with Gasteiger partial charge in [0, 0.05) is 31.3 Å². The maximum atomic E-state index is 12.6. The Labute approximate surface area is 199 Å². The zero-order valence-electron chi connectivity index (χ0n) is 20.5. The van der Waals surface area contributed by atoms with Crippen molar-refractivity contribution in [3.05, 3.63) is 53.6 Å². The number of anilines is 1. The number of benzene rings is 2. The normalized spacial score (nSPS) is 16.1. The number of nitrogens with two attached hydrogens (primary N) is 1. The van der Waals surface area contributed by atoms with E-state index in [1.807, 2.05) is 17.0 Å². The van der Waals surface area contributed by atoms with Crippen molar-refractivity contribution in [1.29, 1.82) is 0 Å². The number of nitrogens with zero attached hydrogens (tertiary/aromatic N) is 2. The van der Waals surface area contributed by atoms with E-state index in [4.69, 9.17) is 5.73 Å². The van der Waals surface area contributed by atoms with E-state index in [-0.39, 0.29) is 5.91 Å². The van der Waals surface area contributed by atoms with Crippen LogP contribution >= 0.6 is 0 Å². The zero-order chi connectivity index (χ0) is 23.8. The number of rotatable bonds is 5. The summed E-state index contributed by atoms with van der Waals surface area (Å²) in [6.45, 7) is 9.97. The Balaban J connectivity index is 1.99. The zero-order valence-corrected chi connectivity index (χ0v) is 20.5. The first-order chi connectivity index (χ1) is 15.8. The van der Waals surface area contributed by atoms with E-state index >= 15 is 0 Å². The quantitative estimate of drug-likeness (QED) is 0.644. The molecule has 5 nitrogen and oxygen atoms in total. The maximum Gasteiger partial charge on any atom is 0.248 e. The van der Waals surface area contributed by atoms with Crippen LogP contribution in [0, 0.1) is 5.92 Å². The molecular weight excluding hydrogens is 410 g/mol. The van der Waals surface area contributed by atoms with Gasteiger partial charge in [0.15, 0.2) is 0 Å². The molecule has 2 aromatic carbocycles. The summed E-state index contributed by atoms with van der Waals surface area (Å²) in [7, 11) is 0. The largest absolute Gasteiger partial charge is 0.366 e. The van der Waals surface area contributed by atoms with E-state index < -0.39 is 5.91 Å². The SMILES string of the molecule is CC(=O)N1CCCCCCCN(CCC(C)C)Cc2cc(-c3ccc(C(N)=O)cc3)ccc21. The molecule has 178 valence electrons. The first-order valence-electron chi connectivity index (χ1n) is 12.4. The Hall–Kier alpha value is -2.66. The van der Waals surface area contributed by atoms with Gasteiger partial charge in [-0.25, -0.2) is 0 Å². The topological polar surface area (TPSA) is 66.6 Å². The predicted molar refractivity (Wildman–Crippen MR) is 136 cm³/mol. The standard InChI is InChI=1S/C28H39N3O2/c1-21(2)15-18-30-16-7-5-4-6-8-17-31(22(3)32)27-14-13-25(19-26(27)20-30)23-9-11-24(12-10-23)28(29)33/h9-14,19,21H,4-8,15-18,20H2,1-3H3,(H2,29,33). The number of hydrogen-bond acceptors (Lipinski definition) is 3. The minimum atomic E-state index is -0.420. The summed E-state index contributed by atoms with van der Waals surface area (Å²) < 4.78 is 0. The molecule has 0 aromatic heterocycles. The Kier molecular flexibility index (Phi) is 9.07. The van der Waals surface area contributed by atoms with Crippen molar-refractivity contribution < 1.29 is 9.59 Å². The third kappa shape index (κ3) is 7.16. The van der Waals surface area contributed by atoms with Gasteiger partial charge < -0.3 is 10.6 Å². The summed E-state index contributed by atoms with van der Waals surface area (Å²) in [5.74, 6) is 0.340. The molecule has 2 aromatic rings. The summed E-state index contributed by atoms with van der Waals surface area (Å²) in [5, 5.41) is 0. The van der Waals surface area contributed by atoms with Crippen molar-refractivity contribution in [1.82, 2.24) is 4.90 Å². The van der Waals surface area contributed by atoms with E-state index in [2.05, 4.69) is 36.9 Å². The molecule has 0 bridgehead atoms. The maximum absolute atomic E-state index is 12.6. The second-order valence-corrected chi connectivity index (χ2v) is 9.68. The monoisotopic (exact) mass is 449 g/mol. The molecule has 5 heteroatoms. The van der Waals surface area contributed by atoms with Gasteiger partial charge in [-0.3, -0.25) is 14.5 Å². The lowest BCUT2D eigenvalue weighted by Gasteiger charge is -2.29. The van der Waals surface area contributed by atoms with E-state index in [1.54, 1.807) is 19.1 Å². The average Bonchev–Trinajstić information content (AvgIpc) is 2.78. The van der Waals surface area contributed by atoms with E-state index in [9.17, 15) is 9.59 Å². The average molecular weight is 450 g/mol. The molecule has 0 saturated heterocycles. The molecular formula is C28H39N3O2. The fraction of sp³-hybridized carbons (Fsp3) is 0.500. The van der Waals surface area contributed by atoms with Gasteiger partial charge in [0.25, 0.3) is 0 Å². The van der Waals surface area contributed by atoms with Crippen LogP contribution in [0.3, 0.4) is 0 Å². The number of amides is 2. The van der Waals surface area contributed by atoms with Crippen LogP contribution in [0.1, 0.15) is 75.2 Å². The fourth-order valence-corrected chi connectivity index (χ4v) is 4.52. The van der Waals surface area contributed by atoms with Gasteiger partial charge in [0.2, 0.25) is 11.8 Å². The lowest BCUT2D eigenvalue weighted by Crippen LogP contribution is -2.33. The van der Waals surface area contributed by atoms with Gasteiger partial charge in [-0.2, -0.15) is 0 Å². The minimum absolute atomic E-state index is 0.0978. The second-order valence-electron chi connectivity index (χ2n) is 9.68. The molecule has 2 amide bonds. The first-order valence-corrected chi connectivity index (χ1v) is 12.4. The molecule has 0 spiro atoms. The van der Waals surface area contributed by atoms with Gasteiger partial charge in [0.1, 0.15) is 0 Å². The Morgan fingerprint density at radius 3 is 2.18 bits per heavy atom. The van der Waals surface area contributed by atoms with Gasteiger partial charge >= 0.3 is 0 Å². The van der Waals surface area contributed by atoms with Crippen LogP contribution in [0.4, 0.5) is 5.69 Å². The molecule has 0 aliphatic carbocycles. The highest BCUT2D eigenvalue weighted by Gasteiger charge is 2.19. The van der Waals surface area contributed by atoms with Crippen LogP contribution in [0.2, 0.25) is 0 Å². The molecule has 1 heterocycles. The molecule has 3 rings (SSSR count). The highest BCUT2D eigenvalue weighted by Crippen LogP contribution is 2.30. The number of carbonyl (C=O) groups is 2. The van der Waals surface area contributed by atoms with Crippen molar-refractivity contribution >= 4 is 17.5 Å². The van der Waals surface area contributed by atoms with Crippen LogP contribution < -0.4 is 10.6 Å². The smallest absolute Gasteiger partial charge is 0.248 e. The molecule has 1 aliphatic rings. The number of carbonyl (C=O) groups excluding carboxylic acids is 2. The highest BCUT2D eigenvalue weighted by molar-refractivity contribution is 5.94. The van der Waals surface area contributed by atoms with E-state index in [1.165, 1.54) is 31.2 Å². The van der Waals surface area contributed by atoms with Gasteiger partial charge in [-0.1, -0.05) is 51.3 Å².